The molecule has 1 saturated heterocycles. The summed E-state index contributed by atoms with van der Waals surface area (Å²) in [4.78, 5) is 29.4. The number of hydrogen-bond donors (Lipinski definition) is 1. The van der Waals surface area contributed by atoms with Crippen LogP contribution in [0.4, 0.5) is 5.69 Å². The highest BCUT2D eigenvalue weighted by Crippen LogP contribution is 2.43. The van der Waals surface area contributed by atoms with E-state index in [9.17, 15) is 14.7 Å². The smallest absolute Gasteiger partial charge is 0.265 e. The molecule has 0 radical (unpaired) electrons. The van der Waals surface area contributed by atoms with Gasteiger partial charge in [-0.05, 0) is 25.1 Å². The molecule has 1 fully saturated rings. The number of morpholine rings is 1. The van der Waals surface area contributed by atoms with Crippen molar-refractivity contribution in [2.24, 2.45) is 0 Å². The zero-order valence-electron chi connectivity index (χ0n) is 15.2. The van der Waals surface area contributed by atoms with E-state index in [1.54, 1.807) is 42.2 Å². The first kappa shape index (κ1) is 17.9. The zero-order chi connectivity index (χ0) is 19.0. The Morgan fingerprint density at radius 1 is 1.19 bits per heavy atom. The number of aryl methyl sites for hydroxylation is 1. The number of para-hydroxylation sites is 1. The van der Waals surface area contributed by atoms with Crippen molar-refractivity contribution in [1.82, 2.24) is 4.90 Å². The van der Waals surface area contributed by atoms with E-state index in [2.05, 4.69) is 4.90 Å². The Bertz CT molecular complexity index is 871. The number of carbonyl (C=O) groups is 2. The summed E-state index contributed by atoms with van der Waals surface area (Å²) in [6.45, 7) is 4.76. The summed E-state index contributed by atoms with van der Waals surface area (Å²) in [6, 6.07) is 10.3. The summed E-state index contributed by atoms with van der Waals surface area (Å²) in [5, 5.41) is 11.3. The highest BCUT2D eigenvalue weighted by molar-refractivity contribution is 6.10. The van der Waals surface area contributed by atoms with E-state index >= 15 is 0 Å². The van der Waals surface area contributed by atoms with Crippen LogP contribution in [0.5, 0.6) is 0 Å². The number of anilines is 1. The summed E-state index contributed by atoms with van der Waals surface area (Å²) in [7, 11) is 0. The first-order chi connectivity index (χ1) is 13.0. The fraction of sp³-hybridized carbons (Fsp3) is 0.400. The average Bonchev–Trinajstić information content (AvgIpc) is 3.20. The molecular formula is C20H22N2O5. The Morgan fingerprint density at radius 2 is 1.93 bits per heavy atom. The first-order valence-electron chi connectivity index (χ1n) is 9.02. The molecule has 27 heavy (non-hydrogen) atoms. The highest BCUT2D eigenvalue weighted by atomic mass is 16.5. The number of aliphatic hydroxyl groups is 1. The third-order valence-electron chi connectivity index (χ3n) is 5.12. The third kappa shape index (κ3) is 3.18. The van der Waals surface area contributed by atoms with Crippen LogP contribution in [0.15, 0.2) is 40.8 Å². The molecule has 3 heterocycles. The maximum atomic E-state index is 13.2. The standard InChI is InChI=1S/C20H22N2O5/c1-14-6-7-18(27-14)17(23)12-20(25)15-4-2-3-5-16(15)22(19(20)24)13-21-8-10-26-11-9-21/h2-7,25H,8-13H2,1H3/t20-/m0/s1. The number of ketones is 1. The fourth-order valence-corrected chi connectivity index (χ4v) is 3.66. The molecule has 0 spiro atoms. The maximum absolute atomic E-state index is 13.2. The Hall–Kier alpha value is -2.48. The van der Waals surface area contributed by atoms with Gasteiger partial charge in [-0.3, -0.25) is 19.4 Å². The number of nitrogens with zero attached hydrogens (tertiary/aromatic N) is 2. The van der Waals surface area contributed by atoms with E-state index in [-0.39, 0.29) is 12.2 Å². The van der Waals surface area contributed by atoms with Crippen molar-refractivity contribution in [2.75, 3.05) is 37.9 Å². The van der Waals surface area contributed by atoms with Gasteiger partial charge in [-0.2, -0.15) is 0 Å². The molecule has 7 heteroatoms. The van der Waals surface area contributed by atoms with Gasteiger partial charge < -0.3 is 14.3 Å². The monoisotopic (exact) mass is 370 g/mol. The van der Waals surface area contributed by atoms with Crippen LogP contribution in [0.1, 0.15) is 28.3 Å². The summed E-state index contributed by atoms with van der Waals surface area (Å²) in [5.41, 5.74) is -0.791. The predicted octanol–water partition coefficient (Wildman–Crippen LogP) is 1.68. The number of benzene rings is 1. The van der Waals surface area contributed by atoms with Crippen molar-refractivity contribution in [3.8, 4) is 0 Å². The molecule has 0 unspecified atom stereocenters. The van der Waals surface area contributed by atoms with E-state index < -0.39 is 17.3 Å². The molecule has 142 valence electrons. The lowest BCUT2D eigenvalue weighted by molar-refractivity contribution is -0.136. The molecule has 2 aliphatic heterocycles. The van der Waals surface area contributed by atoms with Crippen LogP contribution in [0.2, 0.25) is 0 Å². The molecule has 1 atom stereocenters. The van der Waals surface area contributed by atoms with Gasteiger partial charge in [-0.25, -0.2) is 0 Å². The van der Waals surface area contributed by atoms with Crippen LogP contribution in [0.25, 0.3) is 0 Å². The highest BCUT2D eigenvalue weighted by Gasteiger charge is 2.51. The number of amides is 1. The number of furan rings is 1. The number of hydrogen-bond acceptors (Lipinski definition) is 6. The van der Waals surface area contributed by atoms with Crippen molar-refractivity contribution < 1.29 is 23.8 Å². The normalized spacial score (nSPS) is 22.9. The lowest BCUT2D eigenvalue weighted by Crippen LogP contribution is -2.49. The molecule has 0 aliphatic carbocycles. The zero-order valence-corrected chi connectivity index (χ0v) is 15.2. The minimum atomic E-state index is -1.89. The molecule has 1 aromatic carbocycles. The lowest BCUT2D eigenvalue weighted by atomic mass is 9.89. The second-order valence-corrected chi connectivity index (χ2v) is 6.99. The van der Waals surface area contributed by atoms with Gasteiger partial charge in [0.05, 0.1) is 32.0 Å². The Balaban J connectivity index is 1.62. The van der Waals surface area contributed by atoms with Crippen molar-refractivity contribution in [2.45, 2.75) is 18.9 Å². The lowest BCUT2D eigenvalue weighted by Gasteiger charge is -2.31. The number of rotatable bonds is 5. The molecule has 4 rings (SSSR count). The quantitative estimate of drug-likeness (QED) is 0.807. The van der Waals surface area contributed by atoms with E-state index in [4.69, 9.17) is 9.15 Å². The van der Waals surface area contributed by atoms with E-state index in [0.29, 0.717) is 36.9 Å². The first-order valence-corrected chi connectivity index (χ1v) is 9.02. The van der Waals surface area contributed by atoms with Gasteiger partial charge in [-0.15, -0.1) is 0 Å². The van der Waals surface area contributed by atoms with E-state index in [0.717, 1.165) is 13.1 Å². The summed E-state index contributed by atoms with van der Waals surface area (Å²) < 4.78 is 10.7. The van der Waals surface area contributed by atoms with Crippen LogP contribution in [0, 0.1) is 6.92 Å². The minimum Gasteiger partial charge on any atom is -0.458 e. The van der Waals surface area contributed by atoms with Gasteiger partial charge in [0, 0.05) is 18.7 Å². The fourth-order valence-electron chi connectivity index (χ4n) is 3.66. The minimum absolute atomic E-state index is 0.151. The molecule has 7 nitrogen and oxygen atoms in total. The average molecular weight is 370 g/mol. The molecule has 0 saturated carbocycles. The molecule has 1 aromatic heterocycles. The van der Waals surface area contributed by atoms with Gasteiger partial charge in [0.2, 0.25) is 5.78 Å². The number of Topliss-reactive ketones (excluding diaryl/α,β-unsaturated/α-hetero) is 1. The molecular weight excluding hydrogens is 348 g/mol. The van der Waals surface area contributed by atoms with Gasteiger partial charge in [0.15, 0.2) is 11.4 Å². The maximum Gasteiger partial charge on any atom is 0.265 e. The topological polar surface area (TPSA) is 83.2 Å². The summed E-state index contributed by atoms with van der Waals surface area (Å²) in [5.74, 6) is -0.121. The number of fused-ring (bicyclic) bond motifs is 1. The van der Waals surface area contributed by atoms with Crippen molar-refractivity contribution in [3.05, 3.63) is 53.5 Å². The Morgan fingerprint density at radius 3 is 2.63 bits per heavy atom. The van der Waals surface area contributed by atoms with Gasteiger partial charge in [0.1, 0.15) is 5.76 Å². The second-order valence-electron chi connectivity index (χ2n) is 6.99. The third-order valence-corrected chi connectivity index (χ3v) is 5.12. The van der Waals surface area contributed by atoms with E-state index in [1.807, 2.05) is 6.07 Å². The molecule has 2 aromatic rings. The summed E-state index contributed by atoms with van der Waals surface area (Å²) >= 11 is 0. The molecule has 2 aliphatic rings. The Kier molecular flexibility index (Phi) is 4.59. The largest absolute Gasteiger partial charge is 0.458 e. The predicted molar refractivity (Wildman–Crippen MR) is 97.5 cm³/mol. The van der Waals surface area contributed by atoms with Gasteiger partial charge in [0.25, 0.3) is 5.91 Å². The molecule has 0 bridgehead atoms. The van der Waals surface area contributed by atoms with E-state index in [1.165, 1.54) is 0 Å². The van der Waals surface area contributed by atoms with Gasteiger partial charge >= 0.3 is 0 Å². The van der Waals surface area contributed by atoms with Crippen LogP contribution >= 0.6 is 0 Å². The van der Waals surface area contributed by atoms with Gasteiger partial charge in [-0.1, -0.05) is 18.2 Å². The molecule has 1 N–H and O–H groups in total. The van der Waals surface area contributed by atoms with Crippen molar-refractivity contribution in [1.29, 1.82) is 0 Å². The van der Waals surface area contributed by atoms with Crippen molar-refractivity contribution in [3.63, 3.8) is 0 Å². The van der Waals surface area contributed by atoms with Crippen LogP contribution in [0.3, 0.4) is 0 Å². The number of carbonyl (C=O) groups excluding carboxylic acids is 2. The Labute approximate surface area is 157 Å². The summed E-state index contributed by atoms with van der Waals surface area (Å²) in [6.07, 6.45) is -0.352. The van der Waals surface area contributed by atoms with Crippen LogP contribution in [-0.4, -0.2) is 54.7 Å². The van der Waals surface area contributed by atoms with Crippen LogP contribution < -0.4 is 4.90 Å². The SMILES string of the molecule is Cc1ccc(C(=O)C[C@@]2(O)C(=O)N(CN3CCOCC3)c3ccccc32)o1. The molecule has 1 amide bonds. The van der Waals surface area contributed by atoms with Crippen molar-refractivity contribution >= 4 is 17.4 Å². The number of ether oxygens (including phenoxy) is 1. The van der Waals surface area contributed by atoms with Crippen LogP contribution in [-0.2, 0) is 15.1 Å². The second kappa shape index (κ2) is 6.92.